The number of azo groups is 1. The van der Waals surface area contributed by atoms with Crippen LogP contribution in [0.3, 0.4) is 0 Å². The number of ketones is 1. The molecule has 0 unspecified atom stereocenters. The van der Waals surface area contributed by atoms with Crippen molar-refractivity contribution < 1.29 is 9.90 Å². The molecule has 2 N–H and O–H groups in total. The van der Waals surface area contributed by atoms with Crippen LogP contribution in [-0.2, 0) is 10.2 Å². The van der Waals surface area contributed by atoms with Crippen LogP contribution in [-0.4, -0.2) is 21.1 Å². The van der Waals surface area contributed by atoms with Crippen molar-refractivity contribution in [3.63, 3.8) is 0 Å². The van der Waals surface area contributed by atoms with Crippen LogP contribution in [0.15, 0.2) is 46.3 Å². The molecule has 0 radical (unpaired) electrons. The minimum Gasteiger partial charge on any atom is -0.505 e. The topological polar surface area (TPSA) is 95.1 Å². The molecule has 0 fully saturated rings. The Kier molecular flexibility index (Phi) is 5.13. The van der Waals surface area contributed by atoms with Crippen LogP contribution in [0.25, 0.3) is 10.6 Å². The molecule has 0 amide bonds. The minimum absolute atomic E-state index is 0.0829. The number of carbonyl (C=O) groups is 1. The van der Waals surface area contributed by atoms with Gasteiger partial charge >= 0.3 is 0 Å². The number of allylic oxidation sites excluding steroid dienone is 1. The van der Waals surface area contributed by atoms with Crippen molar-refractivity contribution in [1.82, 2.24) is 10.2 Å². The number of hydrogen-bond acceptors (Lipinski definition) is 5. The monoisotopic (exact) mass is 337 g/mol. The first kappa shape index (κ1) is 18.1. The molecule has 0 bridgehead atoms. The first-order chi connectivity index (χ1) is 11.8. The Bertz CT molecular complexity index is 880. The molecule has 0 spiro atoms. The summed E-state index contributed by atoms with van der Waals surface area (Å²) in [6.45, 7) is 14.5. The zero-order valence-corrected chi connectivity index (χ0v) is 14.5. The van der Waals surface area contributed by atoms with Gasteiger partial charge in [0.1, 0.15) is 0 Å². The SMILES string of the molecule is [C-]#[N+]c1c(/N=N/C(C(C)=O)=C(\O)c2ccccc2)n[nH]c1C(C)(C)C. The highest BCUT2D eigenvalue weighted by Gasteiger charge is 2.24. The lowest BCUT2D eigenvalue weighted by atomic mass is 9.91. The van der Waals surface area contributed by atoms with Crippen molar-refractivity contribution in [3.8, 4) is 0 Å². The van der Waals surface area contributed by atoms with Gasteiger partial charge in [-0.15, -0.1) is 10.2 Å². The van der Waals surface area contributed by atoms with E-state index in [2.05, 4.69) is 25.3 Å². The molecular formula is C18H19N5O2. The van der Waals surface area contributed by atoms with Gasteiger partial charge in [0.05, 0.1) is 6.57 Å². The first-order valence-electron chi connectivity index (χ1n) is 7.63. The second kappa shape index (κ2) is 7.09. The third-order valence-electron chi connectivity index (χ3n) is 3.43. The summed E-state index contributed by atoms with van der Waals surface area (Å²) in [5.41, 5.74) is 0.832. The van der Waals surface area contributed by atoms with Gasteiger partial charge in [-0.05, 0) is 5.41 Å². The van der Waals surface area contributed by atoms with Crippen LogP contribution in [0.2, 0.25) is 0 Å². The average molecular weight is 337 g/mol. The van der Waals surface area contributed by atoms with Crippen LogP contribution < -0.4 is 0 Å². The van der Waals surface area contributed by atoms with Crippen LogP contribution in [0.5, 0.6) is 0 Å². The van der Waals surface area contributed by atoms with Crippen molar-refractivity contribution in [1.29, 1.82) is 0 Å². The summed E-state index contributed by atoms with van der Waals surface area (Å²) in [4.78, 5) is 15.3. The van der Waals surface area contributed by atoms with E-state index >= 15 is 0 Å². The highest BCUT2D eigenvalue weighted by Crippen LogP contribution is 2.37. The summed E-state index contributed by atoms with van der Waals surface area (Å²) in [5, 5.41) is 24.9. The third kappa shape index (κ3) is 3.98. The van der Waals surface area contributed by atoms with Gasteiger partial charge in [-0.2, -0.15) is 5.10 Å². The van der Waals surface area contributed by atoms with Gasteiger partial charge in [0.2, 0.25) is 5.82 Å². The largest absolute Gasteiger partial charge is 0.505 e. The van der Waals surface area contributed by atoms with E-state index in [1.807, 2.05) is 20.8 Å². The van der Waals surface area contributed by atoms with E-state index in [0.29, 0.717) is 11.3 Å². The summed E-state index contributed by atoms with van der Waals surface area (Å²) in [5.74, 6) is -0.631. The molecule has 1 heterocycles. The lowest BCUT2D eigenvalue weighted by molar-refractivity contribution is -0.113. The summed E-state index contributed by atoms with van der Waals surface area (Å²) >= 11 is 0. The molecule has 0 aliphatic rings. The van der Waals surface area contributed by atoms with Gasteiger partial charge in [0.15, 0.2) is 17.2 Å². The number of aliphatic hydroxyl groups excluding tert-OH is 1. The normalized spacial score (nSPS) is 12.8. The molecule has 128 valence electrons. The molecule has 0 saturated carbocycles. The quantitative estimate of drug-likeness (QED) is 0.361. The average Bonchev–Trinajstić information content (AvgIpc) is 2.98. The second-order valence-electron chi connectivity index (χ2n) is 6.45. The summed E-state index contributed by atoms with van der Waals surface area (Å²) in [6.07, 6.45) is 0. The first-order valence-corrected chi connectivity index (χ1v) is 7.63. The van der Waals surface area contributed by atoms with Crippen molar-refractivity contribution in [2.24, 2.45) is 10.2 Å². The molecule has 0 aliphatic heterocycles. The van der Waals surface area contributed by atoms with Crippen LogP contribution in [0, 0.1) is 6.57 Å². The zero-order chi connectivity index (χ0) is 18.6. The number of hydrogen-bond donors (Lipinski definition) is 2. The van der Waals surface area contributed by atoms with E-state index in [9.17, 15) is 9.90 Å². The van der Waals surface area contributed by atoms with Gasteiger partial charge < -0.3 is 5.11 Å². The standard InChI is InChI=1S/C18H19N5O2/c1-11(24)13(15(25)12-9-7-6-8-10-12)20-22-17-14(19-5)16(21-23-17)18(2,3)4/h6-10,25H,1-4H3,(H,21,23)/b15-13-,22-20+. The Morgan fingerprint density at radius 2 is 1.92 bits per heavy atom. The van der Waals surface area contributed by atoms with Gasteiger partial charge in [-0.1, -0.05) is 51.1 Å². The number of H-pyrrole nitrogens is 1. The van der Waals surface area contributed by atoms with Crippen molar-refractivity contribution in [2.45, 2.75) is 33.1 Å². The predicted molar refractivity (Wildman–Crippen MR) is 94.7 cm³/mol. The lowest BCUT2D eigenvalue weighted by Gasteiger charge is -2.16. The highest BCUT2D eigenvalue weighted by molar-refractivity contribution is 5.99. The highest BCUT2D eigenvalue weighted by atomic mass is 16.3. The van der Waals surface area contributed by atoms with Crippen LogP contribution in [0.1, 0.15) is 39.0 Å². The number of carbonyl (C=O) groups excluding carboxylic acids is 1. The van der Waals surface area contributed by atoms with E-state index in [1.165, 1.54) is 6.92 Å². The van der Waals surface area contributed by atoms with Crippen molar-refractivity contribution >= 4 is 23.0 Å². The molecule has 7 heteroatoms. The molecule has 0 aliphatic carbocycles. The van der Waals surface area contributed by atoms with E-state index in [4.69, 9.17) is 6.57 Å². The lowest BCUT2D eigenvalue weighted by Crippen LogP contribution is -2.11. The zero-order valence-electron chi connectivity index (χ0n) is 14.5. The van der Waals surface area contributed by atoms with E-state index in [-0.39, 0.29) is 28.4 Å². The van der Waals surface area contributed by atoms with Gasteiger partial charge in [0, 0.05) is 18.2 Å². The predicted octanol–water partition coefficient (Wildman–Crippen LogP) is 4.86. The summed E-state index contributed by atoms with van der Waals surface area (Å²) in [6, 6.07) is 8.59. The van der Waals surface area contributed by atoms with Crippen LogP contribution in [0.4, 0.5) is 11.5 Å². The van der Waals surface area contributed by atoms with Crippen LogP contribution >= 0.6 is 0 Å². The van der Waals surface area contributed by atoms with Gasteiger partial charge in [-0.25, -0.2) is 4.85 Å². The fourth-order valence-electron chi connectivity index (χ4n) is 2.14. The molecule has 1 aromatic carbocycles. The van der Waals surface area contributed by atoms with Gasteiger partial charge in [-0.3, -0.25) is 9.89 Å². The number of nitrogens with zero attached hydrogens (tertiary/aromatic N) is 4. The summed E-state index contributed by atoms with van der Waals surface area (Å²) in [7, 11) is 0. The van der Waals surface area contributed by atoms with E-state index < -0.39 is 5.78 Å². The number of aliphatic hydroxyl groups is 1. The molecule has 0 saturated heterocycles. The number of nitrogens with one attached hydrogen (secondary N) is 1. The van der Waals surface area contributed by atoms with Crippen molar-refractivity contribution in [2.75, 3.05) is 0 Å². The maximum Gasteiger partial charge on any atom is 0.255 e. The fraction of sp³-hybridized carbons (Fsp3) is 0.278. The maximum atomic E-state index is 11.8. The number of Topliss-reactive ketones (excluding diaryl/α,β-unsaturated/α-hetero) is 1. The second-order valence-corrected chi connectivity index (χ2v) is 6.45. The maximum absolute atomic E-state index is 11.8. The Morgan fingerprint density at radius 3 is 2.44 bits per heavy atom. The minimum atomic E-state index is -0.443. The molecule has 2 rings (SSSR count). The smallest absolute Gasteiger partial charge is 0.255 e. The molecule has 1 aromatic heterocycles. The summed E-state index contributed by atoms with van der Waals surface area (Å²) < 4.78 is 0. The Hall–Kier alpha value is -3.27. The van der Waals surface area contributed by atoms with E-state index in [1.54, 1.807) is 30.3 Å². The Labute approximate surface area is 145 Å². The molecule has 2 aromatic rings. The number of aromatic amines is 1. The number of rotatable bonds is 4. The number of benzene rings is 1. The Morgan fingerprint density at radius 1 is 1.28 bits per heavy atom. The number of aromatic nitrogens is 2. The third-order valence-corrected chi connectivity index (χ3v) is 3.43. The molecule has 25 heavy (non-hydrogen) atoms. The Balaban J connectivity index is 2.48. The van der Waals surface area contributed by atoms with E-state index in [0.717, 1.165) is 0 Å². The van der Waals surface area contributed by atoms with Crippen molar-refractivity contribution in [3.05, 3.63) is 58.7 Å². The van der Waals surface area contributed by atoms with Gasteiger partial charge in [0.25, 0.3) is 5.69 Å². The molecule has 7 nitrogen and oxygen atoms in total. The molecular weight excluding hydrogens is 318 g/mol. The fourth-order valence-corrected chi connectivity index (χ4v) is 2.14. The molecule has 0 atom stereocenters.